The smallest absolute Gasteiger partial charge is 0.416 e. The van der Waals surface area contributed by atoms with Crippen LogP contribution in [0.4, 0.5) is 18.9 Å². The molecule has 1 unspecified atom stereocenters. The number of nitrogens with two attached hydrogens (primary N) is 1. The Balaban J connectivity index is 1.86. The Morgan fingerprint density at radius 2 is 1.72 bits per heavy atom. The van der Waals surface area contributed by atoms with E-state index in [2.05, 4.69) is 0 Å². The van der Waals surface area contributed by atoms with Gasteiger partial charge in [0.05, 0.1) is 17.7 Å². The van der Waals surface area contributed by atoms with Crippen LogP contribution in [0.15, 0.2) is 72.8 Å². The molecular weight excluding hydrogens is 441 g/mol. The van der Waals surface area contributed by atoms with Crippen molar-refractivity contribution >= 4 is 23.2 Å². The minimum atomic E-state index is -4.40. The van der Waals surface area contributed by atoms with Gasteiger partial charge in [-0.1, -0.05) is 54.1 Å². The highest BCUT2D eigenvalue weighted by molar-refractivity contribution is 6.32. The predicted octanol–water partition coefficient (Wildman–Crippen LogP) is 5.64. The molecule has 8 heteroatoms. The molecule has 1 amide bonds. The molecule has 0 radical (unpaired) electrons. The van der Waals surface area contributed by atoms with Crippen LogP contribution in [-0.4, -0.2) is 19.6 Å². The number of amides is 1. The summed E-state index contributed by atoms with van der Waals surface area (Å²) in [7, 11) is 1.49. The Morgan fingerprint density at radius 3 is 2.28 bits per heavy atom. The van der Waals surface area contributed by atoms with Gasteiger partial charge in [0.1, 0.15) is 11.8 Å². The lowest BCUT2D eigenvalue weighted by Gasteiger charge is -2.27. The third-order valence-electron chi connectivity index (χ3n) is 5.04. The molecule has 4 nitrogen and oxygen atoms in total. The summed E-state index contributed by atoms with van der Waals surface area (Å²) in [6, 6.07) is 17.8. The number of halogens is 4. The van der Waals surface area contributed by atoms with Gasteiger partial charge in [-0.2, -0.15) is 13.2 Å². The number of hydrogen-bond acceptors (Lipinski definition) is 3. The second-order valence-electron chi connectivity index (χ2n) is 7.14. The van der Waals surface area contributed by atoms with Crippen molar-refractivity contribution in [1.82, 2.24) is 0 Å². The number of nitrogens with zero attached hydrogens (tertiary/aromatic N) is 1. The molecule has 2 N–H and O–H groups in total. The normalized spacial score (nSPS) is 12.3. The molecule has 3 rings (SSSR count). The molecule has 168 valence electrons. The van der Waals surface area contributed by atoms with Crippen LogP contribution in [0.3, 0.4) is 0 Å². The van der Waals surface area contributed by atoms with Crippen molar-refractivity contribution in [2.75, 3.05) is 18.6 Å². The molecule has 3 aromatic carbocycles. The van der Waals surface area contributed by atoms with Crippen molar-refractivity contribution in [3.05, 3.63) is 94.5 Å². The number of hydrogen-bond donors (Lipinski definition) is 1. The van der Waals surface area contributed by atoms with Gasteiger partial charge in [0.2, 0.25) is 5.91 Å². The van der Waals surface area contributed by atoms with Gasteiger partial charge in [-0.3, -0.25) is 4.79 Å². The van der Waals surface area contributed by atoms with Crippen LogP contribution in [0.1, 0.15) is 22.7 Å². The van der Waals surface area contributed by atoms with Crippen LogP contribution in [0, 0.1) is 0 Å². The highest BCUT2D eigenvalue weighted by Gasteiger charge is 2.30. The molecule has 0 aliphatic heterocycles. The minimum Gasteiger partial charge on any atom is -0.495 e. The maximum Gasteiger partial charge on any atom is 0.416 e. The molecular formula is C24H22ClF3N2O2. The Labute approximate surface area is 189 Å². The zero-order valence-electron chi connectivity index (χ0n) is 17.3. The summed E-state index contributed by atoms with van der Waals surface area (Å²) in [5.41, 5.74) is 7.33. The van der Waals surface area contributed by atoms with E-state index in [1.54, 1.807) is 42.5 Å². The molecule has 0 aliphatic carbocycles. The average molecular weight is 463 g/mol. The van der Waals surface area contributed by atoms with Crippen molar-refractivity contribution in [3.8, 4) is 5.75 Å². The molecule has 0 heterocycles. The lowest BCUT2D eigenvalue weighted by Crippen LogP contribution is -2.40. The first-order chi connectivity index (χ1) is 15.2. The maximum absolute atomic E-state index is 13.3. The highest BCUT2D eigenvalue weighted by atomic mass is 35.5. The minimum absolute atomic E-state index is 0.202. The Morgan fingerprint density at radius 1 is 1.06 bits per heavy atom. The standard InChI is InChI=1S/C24H22ClF3N2O2/c1-32-21-12-11-19(15-20(21)25)30(23(31)22(29)17-5-3-2-4-6-17)14-13-16-7-9-18(10-8-16)24(26,27)28/h2-12,15,22H,13-14,29H2,1H3. The molecule has 0 aromatic heterocycles. The van der Waals surface area contributed by atoms with E-state index >= 15 is 0 Å². The SMILES string of the molecule is COc1ccc(N(CCc2ccc(C(F)(F)F)cc2)C(=O)C(N)c2ccccc2)cc1Cl. The first-order valence-electron chi connectivity index (χ1n) is 9.82. The van der Waals surface area contributed by atoms with Gasteiger partial charge in [0.25, 0.3) is 0 Å². The quantitative estimate of drug-likeness (QED) is 0.494. The van der Waals surface area contributed by atoms with E-state index in [-0.39, 0.29) is 12.5 Å². The first kappa shape index (κ1) is 23.6. The van der Waals surface area contributed by atoms with Crippen LogP contribution in [0.2, 0.25) is 5.02 Å². The van der Waals surface area contributed by atoms with Gasteiger partial charge in [0.15, 0.2) is 0 Å². The van der Waals surface area contributed by atoms with E-state index in [0.29, 0.717) is 34.0 Å². The third kappa shape index (κ3) is 5.60. The lowest BCUT2D eigenvalue weighted by atomic mass is 10.0. The van der Waals surface area contributed by atoms with Gasteiger partial charge in [-0.25, -0.2) is 0 Å². The fourth-order valence-corrected chi connectivity index (χ4v) is 3.51. The number of ether oxygens (including phenoxy) is 1. The van der Waals surface area contributed by atoms with Crippen LogP contribution >= 0.6 is 11.6 Å². The Kier molecular flexibility index (Phi) is 7.43. The average Bonchev–Trinajstić information content (AvgIpc) is 2.79. The van der Waals surface area contributed by atoms with E-state index in [1.807, 2.05) is 6.07 Å². The molecule has 32 heavy (non-hydrogen) atoms. The molecule has 3 aromatic rings. The Bertz CT molecular complexity index is 1060. The van der Waals surface area contributed by atoms with Crippen molar-refractivity contribution in [2.45, 2.75) is 18.6 Å². The maximum atomic E-state index is 13.3. The molecule has 0 spiro atoms. The van der Waals surface area contributed by atoms with Crippen molar-refractivity contribution in [1.29, 1.82) is 0 Å². The zero-order chi connectivity index (χ0) is 23.3. The van der Waals surface area contributed by atoms with E-state index < -0.39 is 17.8 Å². The number of anilines is 1. The molecule has 0 bridgehead atoms. The van der Waals surface area contributed by atoms with E-state index in [0.717, 1.165) is 12.1 Å². The van der Waals surface area contributed by atoms with Crippen molar-refractivity contribution in [3.63, 3.8) is 0 Å². The fraction of sp³-hybridized carbons (Fsp3) is 0.208. The van der Waals surface area contributed by atoms with Gasteiger partial charge >= 0.3 is 6.18 Å². The number of carbonyl (C=O) groups is 1. The van der Waals surface area contributed by atoms with Gasteiger partial charge in [-0.15, -0.1) is 0 Å². The van der Waals surface area contributed by atoms with Gasteiger partial charge in [0, 0.05) is 12.2 Å². The largest absolute Gasteiger partial charge is 0.495 e. The summed E-state index contributed by atoms with van der Waals surface area (Å²) < 4.78 is 43.6. The highest BCUT2D eigenvalue weighted by Crippen LogP contribution is 2.31. The second-order valence-corrected chi connectivity index (χ2v) is 7.55. The number of methoxy groups -OCH3 is 1. The van der Waals surface area contributed by atoms with Gasteiger partial charge in [-0.05, 0) is 47.9 Å². The van der Waals surface area contributed by atoms with Crippen LogP contribution < -0.4 is 15.4 Å². The number of alkyl halides is 3. The summed E-state index contributed by atoms with van der Waals surface area (Å²) >= 11 is 6.25. The summed E-state index contributed by atoms with van der Waals surface area (Å²) in [6.07, 6.45) is -4.07. The molecule has 1 atom stereocenters. The van der Waals surface area contributed by atoms with Crippen molar-refractivity contribution < 1.29 is 22.7 Å². The van der Waals surface area contributed by atoms with Crippen LogP contribution in [-0.2, 0) is 17.4 Å². The zero-order valence-corrected chi connectivity index (χ0v) is 18.0. The molecule has 0 fully saturated rings. The van der Waals surface area contributed by atoms with Crippen molar-refractivity contribution in [2.24, 2.45) is 5.73 Å². The summed E-state index contributed by atoms with van der Waals surface area (Å²) in [5.74, 6) is 0.0993. The van der Waals surface area contributed by atoms with Crippen LogP contribution in [0.25, 0.3) is 0 Å². The third-order valence-corrected chi connectivity index (χ3v) is 5.34. The van der Waals surface area contributed by atoms with Crippen LogP contribution in [0.5, 0.6) is 5.75 Å². The fourth-order valence-electron chi connectivity index (χ4n) is 3.26. The summed E-state index contributed by atoms with van der Waals surface area (Å²) in [5, 5.41) is 0.325. The topological polar surface area (TPSA) is 55.6 Å². The van der Waals surface area contributed by atoms with E-state index in [9.17, 15) is 18.0 Å². The summed E-state index contributed by atoms with van der Waals surface area (Å²) in [6.45, 7) is 0.202. The molecule has 0 aliphatic rings. The molecule has 0 saturated carbocycles. The first-order valence-corrected chi connectivity index (χ1v) is 10.2. The van der Waals surface area contributed by atoms with Gasteiger partial charge < -0.3 is 15.4 Å². The number of rotatable bonds is 7. The lowest BCUT2D eigenvalue weighted by molar-refractivity contribution is -0.137. The predicted molar refractivity (Wildman–Crippen MR) is 119 cm³/mol. The molecule has 0 saturated heterocycles. The van der Waals surface area contributed by atoms with E-state index in [1.165, 1.54) is 24.1 Å². The Hall–Kier alpha value is -3.03. The monoisotopic (exact) mass is 462 g/mol. The number of benzene rings is 3. The number of carbonyl (C=O) groups excluding carboxylic acids is 1. The second kappa shape index (κ2) is 10.1. The summed E-state index contributed by atoms with van der Waals surface area (Å²) in [4.78, 5) is 14.8. The van der Waals surface area contributed by atoms with E-state index in [4.69, 9.17) is 22.1 Å².